The van der Waals surface area contributed by atoms with Crippen molar-refractivity contribution in [2.24, 2.45) is 0 Å². The van der Waals surface area contributed by atoms with E-state index in [2.05, 4.69) is 15.4 Å². The van der Waals surface area contributed by atoms with E-state index >= 15 is 0 Å². The van der Waals surface area contributed by atoms with Gasteiger partial charge < -0.3 is 14.8 Å². The third-order valence-corrected chi connectivity index (χ3v) is 4.64. The SMILES string of the molecule is CC1CC(C(F)(F)F)n2nc(-c3ccncc3)cc2N1.COc1ccccc1OC. The minimum Gasteiger partial charge on any atom is -0.493 e. The van der Waals surface area contributed by atoms with Crippen LogP contribution in [-0.2, 0) is 0 Å². The molecule has 0 aliphatic carbocycles. The summed E-state index contributed by atoms with van der Waals surface area (Å²) in [6.45, 7) is 1.74. The Bertz CT molecular complexity index is 937. The lowest BCUT2D eigenvalue weighted by molar-refractivity contribution is -0.173. The van der Waals surface area contributed by atoms with Crippen LogP contribution < -0.4 is 14.8 Å². The molecule has 9 heteroatoms. The van der Waals surface area contributed by atoms with E-state index in [1.54, 1.807) is 51.7 Å². The molecule has 1 aromatic carbocycles. The highest BCUT2D eigenvalue weighted by atomic mass is 19.4. The summed E-state index contributed by atoms with van der Waals surface area (Å²) in [5.41, 5.74) is 1.26. The maximum Gasteiger partial charge on any atom is 0.410 e. The van der Waals surface area contributed by atoms with Gasteiger partial charge in [-0.25, -0.2) is 4.68 Å². The molecule has 2 unspecified atom stereocenters. The van der Waals surface area contributed by atoms with Crippen molar-refractivity contribution in [3.63, 3.8) is 0 Å². The molecule has 160 valence electrons. The molecule has 0 saturated heterocycles. The average molecular weight is 420 g/mol. The van der Waals surface area contributed by atoms with Crippen LogP contribution in [0.2, 0.25) is 0 Å². The van der Waals surface area contributed by atoms with E-state index in [1.807, 2.05) is 24.3 Å². The van der Waals surface area contributed by atoms with Crippen LogP contribution in [0, 0.1) is 0 Å². The first kappa shape index (κ1) is 21.5. The molecule has 1 N–H and O–H groups in total. The normalized spacial score (nSPS) is 17.8. The van der Waals surface area contributed by atoms with Crippen LogP contribution in [0.1, 0.15) is 19.4 Å². The number of benzene rings is 1. The predicted molar refractivity (Wildman–Crippen MR) is 108 cm³/mol. The fraction of sp³-hybridized carbons (Fsp3) is 0.333. The summed E-state index contributed by atoms with van der Waals surface area (Å²) in [5, 5.41) is 7.15. The monoisotopic (exact) mass is 420 g/mol. The third-order valence-electron chi connectivity index (χ3n) is 4.64. The second-order valence-electron chi connectivity index (χ2n) is 6.79. The van der Waals surface area contributed by atoms with Crippen LogP contribution >= 0.6 is 0 Å². The standard InChI is InChI=1S/C13H13F3N4.C8H10O2/c1-8-6-11(13(14,15)16)20-12(18-8)7-10(19-20)9-2-4-17-5-3-9;1-9-7-5-3-4-6-8(7)10-2/h2-5,7-8,11,18H,6H2,1H3;3-6H,1-2H3. The largest absolute Gasteiger partial charge is 0.493 e. The number of pyridine rings is 1. The van der Waals surface area contributed by atoms with E-state index in [0.717, 1.165) is 21.7 Å². The van der Waals surface area contributed by atoms with Gasteiger partial charge in [-0.15, -0.1) is 0 Å². The zero-order valence-corrected chi connectivity index (χ0v) is 16.8. The number of anilines is 1. The Morgan fingerprint density at radius 1 is 1.03 bits per heavy atom. The summed E-state index contributed by atoms with van der Waals surface area (Å²) in [6.07, 6.45) is -1.14. The van der Waals surface area contributed by atoms with Gasteiger partial charge in [0, 0.05) is 30.1 Å². The number of fused-ring (bicyclic) bond motifs is 1. The lowest BCUT2D eigenvalue weighted by Gasteiger charge is -2.31. The molecule has 0 amide bonds. The molecule has 1 aliphatic rings. The molecule has 4 rings (SSSR count). The lowest BCUT2D eigenvalue weighted by Crippen LogP contribution is -2.37. The van der Waals surface area contributed by atoms with Crippen LogP contribution in [0.4, 0.5) is 19.0 Å². The number of para-hydroxylation sites is 2. The van der Waals surface area contributed by atoms with Crippen LogP contribution in [0.5, 0.6) is 11.5 Å². The van der Waals surface area contributed by atoms with Crippen LogP contribution in [0.25, 0.3) is 11.3 Å². The fourth-order valence-electron chi connectivity index (χ4n) is 3.21. The number of nitrogens with zero attached hydrogens (tertiary/aromatic N) is 3. The molecular weight excluding hydrogens is 397 g/mol. The summed E-state index contributed by atoms with van der Waals surface area (Å²) >= 11 is 0. The van der Waals surface area contributed by atoms with Crippen molar-refractivity contribution in [3.05, 3.63) is 54.9 Å². The van der Waals surface area contributed by atoms with Gasteiger partial charge in [0.05, 0.1) is 19.9 Å². The molecule has 0 fully saturated rings. The van der Waals surface area contributed by atoms with Crippen LogP contribution in [0.3, 0.4) is 0 Å². The molecule has 3 heterocycles. The third kappa shape index (κ3) is 4.84. The minimum atomic E-state index is -4.30. The molecule has 3 aromatic rings. The summed E-state index contributed by atoms with van der Waals surface area (Å²) in [5.74, 6) is 1.94. The highest BCUT2D eigenvalue weighted by molar-refractivity contribution is 5.63. The molecular formula is C21H23F3N4O2. The van der Waals surface area contributed by atoms with Gasteiger partial charge in [0.15, 0.2) is 17.5 Å². The second kappa shape index (κ2) is 9.06. The summed E-state index contributed by atoms with van der Waals surface area (Å²) < 4.78 is 50.4. The first-order valence-corrected chi connectivity index (χ1v) is 9.33. The molecule has 0 saturated carbocycles. The zero-order chi connectivity index (χ0) is 21.7. The topological polar surface area (TPSA) is 61.2 Å². The first-order valence-electron chi connectivity index (χ1n) is 9.33. The Kier molecular flexibility index (Phi) is 6.49. The predicted octanol–water partition coefficient (Wildman–Crippen LogP) is 4.96. The highest BCUT2D eigenvalue weighted by Gasteiger charge is 2.45. The van der Waals surface area contributed by atoms with Gasteiger partial charge in [0.1, 0.15) is 5.82 Å². The molecule has 0 radical (unpaired) electrons. The lowest BCUT2D eigenvalue weighted by atomic mass is 10.1. The van der Waals surface area contributed by atoms with Crippen molar-refractivity contribution in [1.82, 2.24) is 14.8 Å². The van der Waals surface area contributed by atoms with Crippen molar-refractivity contribution < 1.29 is 22.6 Å². The van der Waals surface area contributed by atoms with E-state index in [0.29, 0.717) is 11.5 Å². The quantitative estimate of drug-likeness (QED) is 0.649. The smallest absolute Gasteiger partial charge is 0.410 e. The fourth-order valence-corrected chi connectivity index (χ4v) is 3.21. The van der Waals surface area contributed by atoms with Gasteiger partial charge in [-0.1, -0.05) is 12.1 Å². The van der Waals surface area contributed by atoms with Crippen LogP contribution in [-0.4, -0.2) is 41.2 Å². The van der Waals surface area contributed by atoms with Crippen LogP contribution in [0.15, 0.2) is 54.9 Å². The summed E-state index contributed by atoms with van der Waals surface area (Å²) in [7, 11) is 3.25. The number of methoxy groups -OCH3 is 2. The first-order chi connectivity index (χ1) is 14.3. The molecule has 2 atom stereocenters. The summed E-state index contributed by atoms with van der Waals surface area (Å²) in [6, 6.07) is 10.8. The average Bonchev–Trinajstić information content (AvgIpc) is 3.17. The maximum atomic E-state index is 13.1. The molecule has 2 aromatic heterocycles. The van der Waals surface area contributed by atoms with E-state index < -0.39 is 12.2 Å². The highest BCUT2D eigenvalue weighted by Crippen LogP contribution is 2.40. The molecule has 30 heavy (non-hydrogen) atoms. The molecule has 0 spiro atoms. The Morgan fingerprint density at radius 2 is 1.63 bits per heavy atom. The number of ether oxygens (including phenoxy) is 2. The van der Waals surface area contributed by atoms with Crippen molar-refractivity contribution in [2.75, 3.05) is 19.5 Å². The second-order valence-corrected chi connectivity index (χ2v) is 6.79. The van der Waals surface area contributed by atoms with E-state index in [9.17, 15) is 13.2 Å². The number of nitrogens with one attached hydrogen (secondary N) is 1. The van der Waals surface area contributed by atoms with Gasteiger partial charge in [-0.3, -0.25) is 4.98 Å². The minimum absolute atomic E-state index is 0.0199. The Balaban J connectivity index is 0.000000216. The zero-order valence-electron chi connectivity index (χ0n) is 16.8. The van der Waals surface area contributed by atoms with Gasteiger partial charge in [-0.2, -0.15) is 18.3 Å². The van der Waals surface area contributed by atoms with E-state index in [-0.39, 0.29) is 12.5 Å². The van der Waals surface area contributed by atoms with Gasteiger partial charge in [0.2, 0.25) is 0 Å². The Hall–Kier alpha value is -3.23. The van der Waals surface area contributed by atoms with Crippen molar-refractivity contribution in [2.45, 2.75) is 31.6 Å². The Labute approximate surface area is 172 Å². The van der Waals surface area contributed by atoms with Gasteiger partial charge >= 0.3 is 6.18 Å². The number of aromatic nitrogens is 3. The number of hydrogen-bond donors (Lipinski definition) is 1. The number of rotatable bonds is 3. The number of halogens is 3. The van der Waals surface area contributed by atoms with Crippen molar-refractivity contribution >= 4 is 5.82 Å². The van der Waals surface area contributed by atoms with E-state index in [1.165, 1.54) is 0 Å². The van der Waals surface area contributed by atoms with Gasteiger partial charge in [-0.05, 0) is 37.6 Å². The van der Waals surface area contributed by atoms with E-state index in [4.69, 9.17) is 9.47 Å². The number of alkyl halides is 3. The van der Waals surface area contributed by atoms with Crippen molar-refractivity contribution in [3.8, 4) is 22.8 Å². The molecule has 0 bridgehead atoms. The van der Waals surface area contributed by atoms with Crippen molar-refractivity contribution in [1.29, 1.82) is 0 Å². The summed E-state index contributed by atoms with van der Waals surface area (Å²) in [4.78, 5) is 3.89. The van der Waals surface area contributed by atoms with Gasteiger partial charge in [0.25, 0.3) is 0 Å². The maximum absolute atomic E-state index is 13.1. The number of hydrogen-bond acceptors (Lipinski definition) is 5. The molecule has 1 aliphatic heterocycles. The Morgan fingerprint density at radius 3 is 2.17 bits per heavy atom. The molecule has 6 nitrogen and oxygen atoms in total.